The third kappa shape index (κ3) is 4.91. The van der Waals surface area contributed by atoms with Gasteiger partial charge in [-0.2, -0.15) is 0 Å². The molecule has 0 atom stereocenters. The summed E-state index contributed by atoms with van der Waals surface area (Å²) < 4.78 is 5.48. The predicted molar refractivity (Wildman–Crippen MR) is 120 cm³/mol. The Morgan fingerprint density at radius 2 is 1.90 bits per heavy atom. The molecule has 1 saturated heterocycles. The highest BCUT2D eigenvalue weighted by Gasteiger charge is 2.22. The second-order valence-corrected chi connectivity index (χ2v) is 8.28. The third-order valence-corrected chi connectivity index (χ3v) is 6.13. The topological polar surface area (TPSA) is 58.6 Å². The van der Waals surface area contributed by atoms with Crippen LogP contribution >= 0.6 is 22.9 Å². The zero-order chi connectivity index (χ0) is 20.9. The van der Waals surface area contributed by atoms with Crippen LogP contribution in [0.2, 0.25) is 5.02 Å². The quantitative estimate of drug-likeness (QED) is 0.574. The summed E-state index contributed by atoms with van der Waals surface area (Å²) in [5.74, 6) is 1.86. The van der Waals surface area contributed by atoms with E-state index in [0.717, 1.165) is 40.9 Å². The molecule has 2 aromatic heterocycles. The molecule has 6 nitrogen and oxygen atoms in total. The first-order chi connectivity index (χ1) is 14.6. The fourth-order valence-electron chi connectivity index (χ4n) is 3.39. The number of amides is 1. The van der Waals surface area contributed by atoms with Crippen LogP contribution in [-0.2, 0) is 11.2 Å². The van der Waals surface area contributed by atoms with Gasteiger partial charge in [-0.05, 0) is 43.3 Å². The number of ether oxygens (including phenoxy) is 1. The summed E-state index contributed by atoms with van der Waals surface area (Å²) in [5, 5.41) is 3.51. The van der Waals surface area contributed by atoms with Crippen molar-refractivity contribution in [2.75, 3.05) is 37.7 Å². The van der Waals surface area contributed by atoms with Crippen LogP contribution in [-0.4, -0.2) is 53.6 Å². The lowest BCUT2D eigenvalue weighted by molar-refractivity contribution is -0.130. The Balaban J connectivity index is 1.32. The van der Waals surface area contributed by atoms with Gasteiger partial charge in [-0.15, -0.1) is 11.3 Å². The number of carbonyl (C=O) groups is 1. The molecule has 0 radical (unpaired) electrons. The van der Waals surface area contributed by atoms with Gasteiger partial charge in [0.25, 0.3) is 0 Å². The fourth-order valence-corrected chi connectivity index (χ4v) is 4.33. The van der Waals surface area contributed by atoms with E-state index in [4.69, 9.17) is 16.3 Å². The maximum absolute atomic E-state index is 12.7. The molecule has 30 heavy (non-hydrogen) atoms. The third-order valence-electron chi connectivity index (χ3n) is 4.96. The fraction of sp³-hybridized carbons (Fsp3) is 0.318. The number of carbonyl (C=O) groups excluding carboxylic acids is 1. The van der Waals surface area contributed by atoms with E-state index in [-0.39, 0.29) is 5.91 Å². The van der Waals surface area contributed by atoms with Crippen molar-refractivity contribution in [2.24, 2.45) is 0 Å². The van der Waals surface area contributed by atoms with Gasteiger partial charge in [0.2, 0.25) is 5.91 Å². The first-order valence-corrected chi connectivity index (χ1v) is 11.2. The number of thiazole rings is 1. The van der Waals surface area contributed by atoms with Gasteiger partial charge < -0.3 is 14.5 Å². The first kappa shape index (κ1) is 20.6. The summed E-state index contributed by atoms with van der Waals surface area (Å²) in [6.07, 6.45) is 1.98. The maximum Gasteiger partial charge on any atom is 0.228 e. The van der Waals surface area contributed by atoms with Crippen LogP contribution in [0.15, 0.2) is 48.0 Å². The first-order valence-electron chi connectivity index (χ1n) is 9.94. The van der Waals surface area contributed by atoms with Gasteiger partial charge in [-0.1, -0.05) is 11.6 Å². The van der Waals surface area contributed by atoms with Gasteiger partial charge in [-0.3, -0.25) is 4.79 Å². The van der Waals surface area contributed by atoms with Crippen LogP contribution in [0.25, 0.3) is 10.6 Å². The molecule has 1 aromatic carbocycles. The standard InChI is InChI=1S/C22H23ClN4O2S/c1-2-29-19-6-3-16(4-7-19)22-25-18(15-30-22)13-21(28)27-11-9-26(10-12-27)20-8-5-17(23)14-24-20/h3-8,14-15H,2,9-13H2,1H3. The van der Waals surface area contributed by atoms with E-state index in [0.29, 0.717) is 31.1 Å². The minimum atomic E-state index is 0.113. The molecular weight excluding hydrogens is 420 g/mol. The van der Waals surface area contributed by atoms with Crippen LogP contribution in [0, 0.1) is 0 Å². The molecule has 156 valence electrons. The van der Waals surface area contributed by atoms with Gasteiger partial charge in [-0.25, -0.2) is 9.97 Å². The molecule has 1 aliphatic rings. The smallest absolute Gasteiger partial charge is 0.228 e. The molecule has 0 aliphatic carbocycles. The molecule has 1 aliphatic heterocycles. The van der Waals surface area contributed by atoms with E-state index >= 15 is 0 Å². The van der Waals surface area contributed by atoms with Gasteiger partial charge in [0.1, 0.15) is 16.6 Å². The van der Waals surface area contributed by atoms with Crippen molar-refractivity contribution in [1.29, 1.82) is 0 Å². The highest BCUT2D eigenvalue weighted by atomic mass is 35.5. The summed E-state index contributed by atoms with van der Waals surface area (Å²) >= 11 is 7.47. The molecule has 0 bridgehead atoms. The summed E-state index contributed by atoms with van der Waals surface area (Å²) in [6.45, 7) is 5.49. The van der Waals surface area contributed by atoms with Crippen LogP contribution in [0.3, 0.4) is 0 Å². The van der Waals surface area contributed by atoms with E-state index in [9.17, 15) is 4.79 Å². The number of benzene rings is 1. The molecule has 3 aromatic rings. The zero-order valence-corrected chi connectivity index (χ0v) is 18.3. The Morgan fingerprint density at radius 1 is 1.13 bits per heavy atom. The number of rotatable bonds is 6. The normalized spacial score (nSPS) is 14.1. The number of aromatic nitrogens is 2. The highest BCUT2D eigenvalue weighted by Crippen LogP contribution is 2.26. The maximum atomic E-state index is 12.7. The molecule has 0 saturated carbocycles. The van der Waals surface area contributed by atoms with Gasteiger partial charge in [0.05, 0.1) is 23.7 Å². The summed E-state index contributed by atoms with van der Waals surface area (Å²) in [6, 6.07) is 11.6. The second kappa shape index (κ2) is 9.45. The molecule has 1 amide bonds. The molecule has 0 unspecified atom stereocenters. The lowest BCUT2D eigenvalue weighted by atomic mass is 10.2. The number of nitrogens with zero attached hydrogens (tertiary/aromatic N) is 4. The molecule has 1 fully saturated rings. The van der Waals surface area contributed by atoms with Crippen molar-refractivity contribution in [3.8, 4) is 16.3 Å². The lowest BCUT2D eigenvalue weighted by Gasteiger charge is -2.35. The van der Waals surface area contributed by atoms with E-state index in [1.807, 2.05) is 53.6 Å². The molecule has 0 N–H and O–H groups in total. The van der Waals surface area contributed by atoms with E-state index in [2.05, 4.69) is 14.9 Å². The Morgan fingerprint density at radius 3 is 2.57 bits per heavy atom. The van der Waals surface area contributed by atoms with E-state index in [1.165, 1.54) is 0 Å². The van der Waals surface area contributed by atoms with Crippen LogP contribution in [0.4, 0.5) is 5.82 Å². The predicted octanol–water partition coefficient (Wildman–Crippen LogP) is 4.15. The van der Waals surface area contributed by atoms with Crippen LogP contribution in [0.1, 0.15) is 12.6 Å². The van der Waals surface area contributed by atoms with Crippen molar-refractivity contribution >= 4 is 34.7 Å². The van der Waals surface area contributed by atoms with Crippen molar-refractivity contribution in [2.45, 2.75) is 13.3 Å². The summed E-state index contributed by atoms with van der Waals surface area (Å²) in [7, 11) is 0. The van der Waals surface area contributed by atoms with E-state index in [1.54, 1.807) is 17.5 Å². The largest absolute Gasteiger partial charge is 0.494 e. The molecule has 8 heteroatoms. The molecule has 0 spiro atoms. The minimum Gasteiger partial charge on any atom is -0.494 e. The Labute approximate surface area is 185 Å². The van der Waals surface area contributed by atoms with Crippen LogP contribution in [0.5, 0.6) is 5.75 Å². The average molecular weight is 443 g/mol. The zero-order valence-electron chi connectivity index (χ0n) is 16.8. The van der Waals surface area contributed by atoms with Crippen molar-refractivity contribution in [3.05, 3.63) is 58.7 Å². The molecule has 4 rings (SSSR count). The summed E-state index contributed by atoms with van der Waals surface area (Å²) in [5.41, 5.74) is 1.85. The number of pyridine rings is 1. The van der Waals surface area contributed by atoms with Crippen LogP contribution < -0.4 is 9.64 Å². The summed E-state index contributed by atoms with van der Waals surface area (Å²) in [4.78, 5) is 25.8. The minimum absolute atomic E-state index is 0.113. The van der Waals surface area contributed by atoms with Gasteiger partial charge in [0, 0.05) is 43.3 Å². The van der Waals surface area contributed by atoms with E-state index < -0.39 is 0 Å². The van der Waals surface area contributed by atoms with Gasteiger partial charge >= 0.3 is 0 Å². The monoisotopic (exact) mass is 442 g/mol. The number of anilines is 1. The Bertz CT molecular complexity index is 983. The highest BCUT2D eigenvalue weighted by molar-refractivity contribution is 7.13. The number of hydrogen-bond donors (Lipinski definition) is 0. The second-order valence-electron chi connectivity index (χ2n) is 6.98. The lowest BCUT2D eigenvalue weighted by Crippen LogP contribution is -2.49. The number of halogens is 1. The number of piperazine rings is 1. The Kier molecular flexibility index (Phi) is 6.50. The number of hydrogen-bond acceptors (Lipinski definition) is 6. The molecule has 3 heterocycles. The average Bonchev–Trinajstić information content (AvgIpc) is 3.23. The van der Waals surface area contributed by atoms with Crippen molar-refractivity contribution < 1.29 is 9.53 Å². The molecular formula is C22H23ClN4O2S. The SMILES string of the molecule is CCOc1ccc(-c2nc(CC(=O)N3CCN(c4ccc(Cl)cn4)CC3)cs2)cc1. The van der Waals surface area contributed by atoms with Gasteiger partial charge in [0.15, 0.2) is 0 Å². The van der Waals surface area contributed by atoms with Crippen molar-refractivity contribution in [3.63, 3.8) is 0 Å². The van der Waals surface area contributed by atoms with Crippen molar-refractivity contribution in [1.82, 2.24) is 14.9 Å². The Hall–Kier alpha value is -2.64.